The maximum atomic E-state index is 10.2. The molecule has 0 spiro atoms. The number of carboxylic acid groups (broad SMARTS) is 2. The standard InChI is InChI=1S/C7H6O2.C6H10O2/c8-7(9)6-4-2-1-3-5-6;1-2-3-4-5-6(7)8/h1-5H,(H,8,9);4-5H,2-3H2,1H3,(H,7,8)/b;5-4+. The quantitative estimate of drug-likeness (QED) is 0.788. The minimum atomic E-state index is -0.879. The van der Waals surface area contributed by atoms with Crippen LogP contribution in [0.4, 0.5) is 0 Å². The van der Waals surface area contributed by atoms with Gasteiger partial charge in [-0.25, -0.2) is 9.59 Å². The van der Waals surface area contributed by atoms with Gasteiger partial charge >= 0.3 is 11.9 Å². The van der Waals surface area contributed by atoms with Crippen LogP contribution < -0.4 is 0 Å². The third kappa shape index (κ3) is 8.87. The van der Waals surface area contributed by atoms with Crippen LogP contribution >= 0.6 is 0 Å². The Kier molecular flexibility index (Phi) is 8.02. The van der Waals surface area contributed by atoms with E-state index >= 15 is 0 Å². The maximum Gasteiger partial charge on any atom is 0.335 e. The lowest BCUT2D eigenvalue weighted by atomic mass is 10.2. The Hall–Kier alpha value is -2.10. The highest BCUT2D eigenvalue weighted by Crippen LogP contribution is 1.96. The molecular weight excluding hydrogens is 220 g/mol. The fraction of sp³-hybridized carbons (Fsp3) is 0.231. The summed E-state index contributed by atoms with van der Waals surface area (Å²) in [4.78, 5) is 20.0. The first-order chi connectivity index (χ1) is 8.07. The molecule has 0 aliphatic rings. The summed E-state index contributed by atoms with van der Waals surface area (Å²) < 4.78 is 0. The summed E-state index contributed by atoms with van der Waals surface area (Å²) in [6.45, 7) is 2.01. The predicted octanol–water partition coefficient (Wildman–Crippen LogP) is 2.81. The first-order valence-electron chi connectivity index (χ1n) is 5.25. The number of carboxylic acids is 2. The zero-order valence-electron chi connectivity index (χ0n) is 9.67. The largest absolute Gasteiger partial charge is 0.478 e. The normalized spacial score (nSPS) is 9.47. The molecule has 0 unspecified atom stereocenters. The van der Waals surface area contributed by atoms with Gasteiger partial charge in [0.15, 0.2) is 0 Å². The number of carbonyl (C=O) groups is 2. The number of unbranched alkanes of at least 4 members (excludes halogenated alkanes) is 1. The Labute approximate surface area is 100 Å². The molecule has 92 valence electrons. The smallest absolute Gasteiger partial charge is 0.335 e. The molecule has 0 aliphatic heterocycles. The van der Waals surface area contributed by atoms with E-state index in [2.05, 4.69) is 0 Å². The highest BCUT2D eigenvalue weighted by Gasteiger charge is 1.96. The molecule has 0 radical (unpaired) electrons. The number of aromatic carboxylic acids is 1. The fourth-order valence-corrected chi connectivity index (χ4v) is 0.932. The maximum absolute atomic E-state index is 10.2. The zero-order valence-corrected chi connectivity index (χ0v) is 9.67. The van der Waals surface area contributed by atoms with E-state index in [1.54, 1.807) is 36.4 Å². The van der Waals surface area contributed by atoms with Gasteiger partial charge < -0.3 is 10.2 Å². The summed E-state index contributed by atoms with van der Waals surface area (Å²) in [7, 11) is 0. The van der Waals surface area contributed by atoms with Crippen LogP contribution in [-0.2, 0) is 4.79 Å². The molecule has 1 aromatic carbocycles. The van der Waals surface area contributed by atoms with Gasteiger partial charge in [-0.1, -0.05) is 37.6 Å². The van der Waals surface area contributed by atoms with E-state index in [1.807, 2.05) is 6.92 Å². The number of aliphatic carboxylic acids is 1. The first-order valence-corrected chi connectivity index (χ1v) is 5.25. The monoisotopic (exact) mass is 236 g/mol. The van der Waals surface area contributed by atoms with Crippen LogP contribution in [0.1, 0.15) is 30.1 Å². The van der Waals surface area contributed by atoms with E-state index < -0.39 is 11.9 Å². The fourth-order valence-electron chi connectivity index (χ4n) is 0.932. The van der Waals surface area contributed by atoms with Crippen molar-refractivity contribution in [3.63, 3.8) is 0 Å². The highest BCUT2D eigenvalue weighted by molar-refractivity contribution is 5.87. The van der Waals surface area contributed by atoms with Gasteiger partial charge in [-0.05, 0) is 18.6 Å². The number of allylic oxidation sites excluding steroid dienone is 1. The van der Waals surface area contributed by atoms with E-state index in [0.717, 1.165) is 12.8 Å². The molecule has 0 aliphatic carbocycles. The lowest BCUT2D eigenvalue weighted by Crippen LogP contribution is -1.93. The number of hydrogen-bond donors (Lipinski definition) is 2. The summed E-state index contributed by atoms with van der Waals surface area (Å²) in [5, 5.41) is 16.4. The molecule has 0 aromatic heterocycles. The molecule has 0 amide bonds. The molecule has 1 rings (SSSR count). The Morgan fingerprint density at radius 2 is 1.76 bits per heavy atom. The van der Waals surface area contributed by atoms with Crippen molar-refractivity contribution in [1.82, 2.24) is 0 Å². The van der Waals surface area contributed by atoms with E-state index in [9.17, 15) is 9.59 Å². The summed E-state index contributed by atoms with van der Waals surface area (Å²) in [5.41, 5.74) is 0.331. The Bertz CT molecular complexity index is 368. The molecule has 17 heavy (non-hydrogen) atoms. The number of benzene rings is 1. The molecule has 4 nitrogen and oxygen atoms in total. The van der Waals surface area contributed by atoms with Gasteiger partial charge in [-0.2, -0.15) is 0 Å². The van der Waals surface area contributed by atoms with E-state index in [4.69, 9.17) is 10.2 Å². The predicted molar refractivity (Wildman–Crippen MR) is 65.1 cm³/mol. The summed E-state index contributed by atoms with van der Waals surface area (Å²) in [6.07, 6.45) is 4.68. The van der Waals surface area contributed by atoms with Gasteiger partial charge in [0.25, 0.3) is 0 Å². The van der Waals surface area contributed by atoms with Crippen LogP contribution in [0.5, 0.6) is 0 Å². The Morgan fingerprint density at radius 3 is 2.12 bits per heavy atom. The Morgan fingerprint density at radius 1 is 1.18 bits per heavy atom. The molecule has 0 saturated carbocycles. The second kappa shape index (κ2) is 9.15. The molecular formula is C13H16O4. The average Bonchev–Trinajstić information content (AvgIpc) is 2.31. The van der Waals surface area contributed by atoms with Crippen LogP contribution in [0.3, 0.4) is 0 Å². The number of hydrogen-bond acceptors (Lipinski definition) is 2. The van der Waals surface area contributed by atoms with E-state index in [1.165, 1.54) is 6.08 Å². The van der Waals surface area contributed by atoms with Crippen molar-refractivity contribution in [2.75, 3.05) is 0 Å². The third-order valence-electron chi connectivity index (χ3n) is 1.74. The third-order valence-corrected chi connectivity index (χ3v) is 1.74. The number of rotatable bonds is 4. The first kappa shape index (κ1) is 14.9. The van der Waals surface area contributed by atoms with Crippen LogP contribution in [0.25, 0.3) is 0 Å². The SMILES string of the molecule is CCC/C=C/C(=O)O.O=C(O)c1ccccc1. The average molecular weight is 236 g/mol. The molecule has 0 fully saturated rings. The van der Waals surface area contributed by atoms with E-state index in [0.29, 0.717) is 5.56 Å². The molecule has 0 bridgehead atoms. The van der Waals surface area contributed by atoms with Crippen molar-refractivity contribution in [2.24, 2.45) is 0 Å². The lowest BCUT2D eigenvalue weighted by molar-refractivity contribution is -0.131. The topological polar surface area (TPSA) is 74.6 Å². The van der Waals surface area contributed by atoms with Crippen molar-refractivity contribution >= 4 is 11.9 Å². The molecule has 0 heterocycles. The van der Waals surface area contributed by atoms with Crippen molar-refractivity contribution < 1.29 is 19.8 Å². The summed E-state index contributed by atoms with van der Waals surface area (Å²) in [6, 6.07) is 8.30. The van der Waals surface area contributed by atoms with Crippen molar-refractivity contribution in [3.05, 3.63) is 48.0 Å². The summed E-state index contributed by atoms with van der Waals surface area (Å²) in [5.74, 6) is -1.74. The van der Waals surface area contributed by atoms with E-state index in [-0.39, 0.29) is 0 Å². The van der Waals surface area contributed by atoms with Crippen molar-refractivity contribution in [1.29, 1.82) is 0 Å². The zero-order chi connectivity index (χ0) is 13.1. The second-order valence-corrected chi connectivity index (χ2v) is 3.20. The molecule has 0 atom stereocenters. The van der Waals surface area contributed by atoms with Crippen molar-refractivity contribution in [2.45, 2.75) is 19.8 Å². The lowest BCUT2D eigenvalue weighted by Gasteiger charge is -1.88. The van der Waals surface area contributed by atoms with Gasteiger partial charge in [0.2, 0.25) is 0 Å². The van der Waals surface area contributed by atoms with Gasteiger partial charge in [-0.15, -0.1) is 0 Å². The van der Waals surface area contributed by atoms with Gasteiger partial charge in [0.05, 0.1) is 5.56 Å². The molecule has 1 aromatic rings. The highest BCUT2D eigenvalue weighted by atomic mass is 16.4. The van der Waals surface area contributed by atoms with Crippen LogP contribution in [0, 0.1) is 0 Å². The minimum Gasteiger partial charge on any atom is -0.478 e. The molecule has 0 saturated heterocycles. The van der Waals surface area contributed by atoms with Gasteiger partial charge in [-0.3, -0.25) is 0 Å². The van der Waals surface area contributed by atoms with Crippen molar-refractivity contribution in [3.8, 4) is 0 Å². The Balaban J connectivity index is 0.000000304. The second-order valence-electron chi connectivity index (χ2n) is 3.20. The van der Waals surface area contributed by atoms with Crippen LogP contribution in [-0.4, -0.2) is 22.2 Å². The summed E-state index contributed by atoms with van der Waals surface area (Å²) >= 11 is 0. The van der Waals surface area contributed by atoms with Gasteiger partial charge in [0, 0.05) is 6.08 Å². The van der Waals surface area contributed by atoms with Crippen LogP contribution in [0.2, 0.25) is 0 Å². The minimum absolute atomic E-state index is 0.331. The van der Waals surface area contributed by atoms with Gasteiger partial charge in [0.1, 0.15) is 0 Å². The molecule has 2 N–H and O–H groups in total. The molecule has 4 heteroatoms. The van der Waals surface area contributed by atoms with Crippen LogP contribution in [0.15, 0.2) is 42.5 Å².